The van der Waals surface area contributed by atoms with Crippen LogP contribution in [0.25, 0.3) is 0 Å². The Morgan fingerprint density at radius 2 is 2.13 bits per heavy atom. The molecule has 1 aromatic rings. The molecule has 1 amide bonds. The minimum Gasteiger partial charge on any atom is -0.454 e. The highest BCUT2D eigenvalue weighted by Gasteiger charge is 2.16. The maximum absolute atomic E-state index is 11.5. The van der Waals surface area contributed by atoms with Crippen LogP contribution in [0.3, 0.4) is 0 Å². The Morgan fingerprint density at radius 1 is 1.40 bits per heavy atom. The lowest BCUT2D eigenvalue weighted by Crippen LogP contribution is -2.24. The molecule has 1 heterocycles. The van der Waals surface area contributed by atoms with Crippen molar-refractivity contribution in [2.75, 3.05) is 18.7 Å². The molecular weight excluding hydrogens is 194 g/mol. The van der Waals surface area contributed by atoms with Crippen molar-refractivity contribution in [1.82, 2.24) is 0 Å². The average Bonchev–Trinajstić information content (AvgIpc) is 2.73. The second kappa shape index (κ2) is 3.81. The zero-order valence-corrected chi connectivity index (χ0v) is 8.82. The van der Waals surface area contributed by atoms with Crippen LogP contribution >= 0.6 is 0 Å². The van der Waals surface area contributed by atoms with E-state index in [-0.39, 0.29) is 12.7 Å². The van der Waals surface area contributed by atoms with Crippen LogP contribution in [0.4, 0.5) is 5.69 Å². The number of benzene rings is 1. The molecule has 2 rings (SSSR count). The van der Waals surface area contributed by atoms with Gasteiger partial charge in [0.25, 0.3) is 0 Å². The molecular formula is C11H13NO3. The lowest BCUT2D eigenvalue weighted by molar-refractivity contribution is -0.118. The molecule has 15 heavy (non-hydrogen) atoms. The quantitative estimate of drug-likeness (QED) is 0.742. The van der Waals surface area contributed by atoms with Crippen molar-refractivity contribution >= 4 is 11.6 Å². The van der Waals surface area contributed by atoms with Gasteiger partial charge in [-0.05, 0) is 12.1 Å². The van der Waals surface area contributed by atoms with Crippen molar-refractivity contribution in [3.8, 4) is 11.5 Å². The molecule has 0 saturated heterocycles. The van der Waals surface area contributed by atoms with Crippen LogP contribution in [0.5, 0.6) is 11.5 Å². The van der Waals surface area contributed by atoms with E-state index in [1.165, 1.54) is 0 Å². The molecule has 0 N–H and O–H groups in total. The first-order valence-electron chi connectivity index (χ1n) is 4.88. The summed E-state index contributed by atoms with van der Waals surface area (Å²) in [4.78, 5) is 13.1. The predicted octanol–water partition coefficient (Wildman–Crippen LogP) is 1.79. The molecule has 1 aromatic carbocycles. The SMILES string of the molecule is CCC(=O)N(C)c1ccc2c(c1)OCO2. The van der Waals surface area contributed by atoms with Gasteiger partial charge >= 0.3 is 0 Å². The Kier molecular flexibility index (Phi) is 2.49. The number of nitrogens with zero attached hydrogens (tertiary/aromatic N) is 1. The van der Waals surface area contributed by atoms with Gasteiger partial charge < -0.3 is 14.4 Å². The van der Waals surface area contributed by atoms with Gasteiger partial charge in [0.1, 0.15) is 0 Å². The van der Waals surface area contributed by atoms with Crippen molar-refractivity contribution in [1.29, 1.82) is 0 Å². The molecule has 80 valence electrons. The summed E-state index contributed by atoms with van der Waals surface area (Å²) in [6, 6.07) is 5.48. The lowest BCUT2D eigenvalue weighted by atomic mass is 10.2. The lowest BCUT2D eigenvalue weighted by Gasteiger charge is -2.16. The molecule has 0 unspecified atom stereocenters. The molecule has 0 radical (unpaired) electrons. The van der Waals surface area contributed by atoms with E-state index in [2.05, 4.69) is 0 Å². The van der Waals surface area contributed by atoms with Gasteiger partial charge in [0.05, 0.1) is 0 Å². The molecule has 0 saturated carbocycles. The van der Waals surface area contributed by atoms with Crippen LogP contribution in [0.15, 0.2) is 18.2 Å². The second-order valence-electron chi connectivity index (χ2n) is 3.34. The average molecular weight is 207 g/mol. The normalized spacial score (nSPS) is 12.7. The highest BCUT2D eigenvalue weighted by Crippen LogP contribution is 2.35. The second-order valence-corrected chi connectivity index (χ2v) is 3.34. The first kappa shape index (κ1) is 9.83. The Hall–Kier alpha value is -1.71. The molecule has 1 aliphatic heterocycles. The van der Waals surface area contributed by atoms with E-state index < -0.39 is 0 Å². The monoisotopic (exact) mass is 207 g/mol. The van der Waals surface area contributed by atoms with E-state index >= 15 is 0 Å². The van der Waals surface area contributed by atoms with Gasteiger partial charge in [-0.15, -0.1) is 0 Å². The van der Waals surface area contributed by atoms with E-state index in [0.29, 0.717) is 12.2 Å². The minimum atomic E-state index is 0.0777. The number of amides is 1. The Labute approximate surface area is 88.4 Å². The molecule has 0 atom stereocenters. The zero-order valence-electron chi connectivity index (χ0n) is 8.82. The third-order valence-corrected chi connectivity index (χ3v) is 2.42. The molecule has 4 nitrogen and oxygen atoms in total. The number of hydrogen-bond donors (Lipinski definition) is 0. The van der Waals surface area contributed by atoms with Crippen molar-refractivity contribution < 1.29 is 14.3 Å². The smallest absolute Gasteiger partial charge is 0.231 e. The highest BCUT2D eigenvalue weighted by molar-refractivity contribution is 5.92. The Balaban J connectivity index is 2.26. The van der Waals surface area contributed by atoms with E-state index in [9.17, 15) is 4.79 Å². The molecule has 0 aliphatic carbocycles. The van der Waals surface area contributed by atoms with E-state index in [1.807, 2.05) is 25.1 Å². The number of ether oxygens (including phenoxy) is 2. The molecule has 4 heteroatoms. The van der Waals surface area contributed by atoms with Gasteiger partial charge in [0.2, 0.25) is 12.7 Å². The van der Waals surface area contributed by atoms with Gasteiger partial charge in [0.15, 0.2) is 11.5 Å². The number of hydrogen-bond acceptors (Lipinski definition) is 3. The summed E-state index contributed by atoms with van der Waals surface area (Å²) in [5, 5.41) is 0. The zero-order chi connectivity index (χ0) is 10.8. The van der Waals surface area contributed by atoms with E-state index in [4.69, 9.17) is 9.47 Å². The van der Waals surface area contributed by atoms with Gasteiger partial charge in [-0.3, -0.25) is 4.79 Å². The standard InChI is InChI=1S/C11H13NO3/c1-3-11(13)12(2)8-4-5-9-10(6-8)15-7-14-9/h4-6H,3,7H2,1-2H3. The first-order valence-corrected chi connectivity index (χ1v) is 4.88. The fourth-order valence-electron chi connectivity index (χ4n) is 1.48. The molecule has 0 aromatic heterocycles. The van der Waals surface area contributed by atoms with Crippen LogP contribution in [0.1, 0.15) is 13.3 Å². The van der Waals surface area contributed by atoms with Crippen molar-refractivity contribution in [3.63, 3.8) is 0 Å². The van der Waals surface area contributed by atoms with E-state index in [0.717, 1.165) is 11.4 Å². The third kappa shape index (κ3) is 1.75. The van der Waals surface area contributed by atoms with Crippen LogP contribution < -0.4 is 14.4 Å². The van der Waals surface area contributed by atoms with Gasteiger partial charge in [-0.2, -0.15) is 0 Å². The molecule has 0 spiro atoms. The molecule has 0 fully saturated rings. The fraction of sp³-hybridized carbons (Fsp3) is 0.364. The Bertz CT molecular complexity index is 389. The summed E-state index contributed by atoms with van der Waals surface area (Å²) >= 11 is 0. The predicted molar refractivity (Wildman–Crippen MR) is 56.3 cm³/mol. The number of carbonyl (C=O) groups excluding carboxylic acids is 1. The summed E-state index contributed by atoms with van der Waals surface area (Å²) in [7, 11) is 1.75. The topological polar surface area (TPSA) is 38.8 Å². The highest BCUT2D eigenvalue weighted by atomic mass is 16.7. The van der Waals surface area contributed by atoms with Crippen molar-refractivity contribution in [3.05, 3.63) is 18.2 Å². The van der Waals surface area contributed by atoms with Crippen molar-refractivity contribution in [2.45, 2.75) is 13.3 Å². The van der Waals surface area contributed by atoms with Gasteiger partial charge in [-0.1, -0.05) is 6.92 Å². The van der Waals surface area contributed by atoms with E-state index in [1.54, 1.807) is 11.9 Å². The largest absolute Gasteiger partial charge is 0.454 e. The Morgan fingerprint density at radius 3 is 2.87 bits per heavy atom. The summed E-state index contributed by atoms with van der Waals surface area (Å²) in [6.07, 6.45) is 0.491. The summed E-state index contributed by atoms with van der Waals surface area (Å²) in [6.45, 7) is 2.09. The van der Waals surface area contributed by atoms with Gasteiger partial charge in [-0.25, -0.2) is 0 Å². The van der Waals surface area contributed by atoms with Crippen LogP contribution in [-0.2, 0) is 4.79 Å². The summed E-state index contributed by atoms with van der Waals surface area (Å²) < 4.78 is 10.4. The van der Waals surface area contributed by atoms with Crippen LogP contribution in [-0.4, -0.2) is 19.7 Å². The number of carbonyl (C=O) groups is 1. The van der Waals surface area contributed by atoms with Crippen molar-refractivity contribution in [2.24, 2.45) is 0 Å². The maximum atomic E-state index is 11.5. The third-order valence-electron chi connectivity index (χ3n) is 2.42. The molecule has 0 bridgehead atoms. The summed E-state index contributed by atoms with van der Waals surface area (Å²) in [5.74, 6) is 1.51. The molecule has 1 aliphatic rings. The van der Waals surface area contributed by atoms with Crippen LogP contribution in [0.2, 0.25) is 0 Å². The minimum absolute atomic E-state index is 0.0777. The maximum Gasteiger partial charge on any atom is 0.231 e. The fourth-order valence-corrected chi connectivity index (χ4v) is 1.48. The number of fused-ring (bicyclic) bond motifs is 1. The first-order chi connectivity index (χ1) is 7.22. The summed E-state index contributed by atoms with van der Waals surface area (Å²) in [5.41, 5.74) is 0.825. The number of rotatable bonds is 2. The van der Waals surface area contributed by atoms with Gasteiger partial charge in [0, 0.05) is 25.2 Å². The number of anilines is 1. The van der Waals surface area contributed by atoms with Crippen LogP contribution in [0, 0.1) is 0 Å².